The van der Waals surface area contributed by atoms with E-state index < -0.39 is 11.1 Å². The van der Waals surface area contributed by atoms with Crippen LogP contribution in [0.1, 0.15) is 11.1 Å². The minimum absolute atomic E-state index is 0.303. The summed E-state index contributed by atoms with van der Waals surface area (Å²) in [4.78, 5) is 5.18. The molecule has 1 unspecified atom stereocenters. The quantitative estimate of drug-likeness (QED) is 0.611. The Hall–Kier alpha value is -2.93. The average molecular weight is 352 g/mol. The number of hydrogen-bond donors (Lipinski definition) is 1. The second-order valence-electron chi connectivity index (χ2n) is 5.74. The molecule has 1 atom stereocenters. The molecule has 2 heterocycles. The number of aryl methyl sites for hydroxylation is 2. The van der Waals surface area contributed by atoms with Gasteiger partial charge in [0.1, 0.15) is 0 Å². The smallest absolute Gasteiger partial charge is 0.257 e. The highest BCUT2D eigenvalue weighted by molar-refractivity contribution is 7.80. The first-order valence-electron chi connectivity index (χ1n) is 7.79. The molecule has 0 fully saturated rings. The van der Waals surface area contributed by atoms with Crippen LogP contribution in [0.5, 0.6) is 5.88 Å². The number of benzene rings is 2. The molecule has 0 bridgehead atoms. The maximum atomic E-state index is 12.3. The number of aromatic nitrogens is 4. The average Bonchev–Trinajstić information content (AvgIpc) is 3.16. The van der Waals surface area contributed by atoms with Gasteiger partial charge in [0, 0.05) is 5.56 Å². The molecule has 4 rings (SSSR count). The summed E-state index contributed by atoms with van der Waals surface area (Å²) in [7, 11) is 0. The van der Waals surface area contributed by atoms with E-state index in [9.17, 15) is 4.21 Å². The number of nitrogens with one attached hydrogen (secondary N) is 1. The van der Waals surface area contributed by atoms with Crippen LogP contribution in [0.15, 0.2) is 59.5 Å². The molecule has 6 nitrogen and oxygen atoms in total. The molecular formula is C18H16N4O2S. The maximum absolute atomic E-state index is 12.3. The van der Waals surface area contributed by atoms with E-state index in [2.05, 4.69) is 21.2 Å². The molecule has 0 aliphatic carbocycles. The van der Waals surface area contributed by atoms with E-state index in [-0.39, 0.29) is 0 Å². The van der Waals surface area contributed by atoms with Crippen molar-refractivity contribution in [3.8, 4) is 17.3 Å². The maximum Gasteiger partial charge on any atom is 0.257 e. The van der Waals surface area contributed by atoms with Gasteiger partial charge in [0.15, 0.2) is 11.5 Å². The predicted octanol–water partition coefficient (Wildman–Crippen LogP) is 3.44. The lowest BCUT2D eigenvalue weighted by Gasteiger charge is -2.02. The summed E-state index contributed by atoms with van der Waals surface area (Å²) in [5, 5.41) is 7.46. The first-order valence-corrected chi connectivity index (χ1v) is 8.87. The van der Waals surface area contributed by atoms with Crippen molar-refractivity contribution in [2.45, 2.75) is 18.7 Å². The van der Waals surface area contributed by atoms with Crippen LogP contribution in [0.2, 0.25) is 0 Å². The van der Waals surface area contributed by atoms with Gasteiger partial charge < -0.3 is 4.18 Å². The van der Waals surface area contributed by atoms with Crippen molar-refractivity contribution in [3.63, 3.8) is 0 Å². The predicted molar refractivity (Wildman–Crippen MR) is 95.7 cm³/mol. The molecule has 1 N–H and O–H groups in total. The number of fused-ring (bicyclic) bond motifs is 1. The molecule has 2 aromatic carbocycles. The van der Waals surface area contributed by atoms with Crippen molar-refractivity contribution in [1.29, 1.82) is 0 Å². The number of nitrogens with zero attached hydrogens (tertiary/aromatic N) is 3. The summed E-state index contributed by atoms with van der Waals surface area (Å²) in [5.41, 5.74) is 3.53. The Labute approximate surface area is 147 Å². The minimum Gasteiger partial charge on any atom is -0.374 e. The van der Waals surface area contributed by atoms with E-state index in [0.29, 0.717) is 16.4 Å². The van der Waals surface area contributed by atoms with E-state index >= 15 is 0 Å². The van der Waals surface area contributed by atoms with Crippen LogP contribution in [-0.4, -0.2) is 24.0 Å². The second-order valence-corrected chi connectivity index (χ2v) is 6.85. The normalized spacial score (nSPS) is 12.4. The highest BCUT2D eigenvalue weighted by Crippen LogP contribution is 2.25. The zero-order valence-corrected chi connectivity index (χ0v) is 14.6. The molecular weight excluding hydrogens is 336 g/mol. The molecule has 4 aromatic rings. The monoisotopic (exact) mass is 352 g/mol. The van der Waals surface area contributed by atoms with Gasteiger partial charge in [-0.15, -0.1) is 9.73 Å². The van der Waals surface area contributed by atoms with Crippen molar-refractivity contribution < 1.29 is 8.39 Å². The van der Waals surface area contributed by atoms with Crippen LogP contribution < -0.4 is 4.18 Å². The summed E-state index contributed by atoms with van der Waals surface area (Å²) >= 11 is -1.62. The Bertz CT molecular complexity index is 1070. The van der Waals surface area contributed by atoms with Crippen molar-refractivity contribution in [2.75, 3.05) is 0 Å². The SMILES string of the molecule is Cc1cccc(-c2nc3c(C)c(OS(=O)c4ccccc4)nn3[nH]2)c1. The number of hydrogen-bond acceptors (Lipinski definition) is 4. The van der Waals surface area contributed by atoms with Gasteiger partial charge in [-0.3, -0.25) is 5.10 Å². The van der Waals surface area contributed by atoms with E-state index in [1.165, 1.54) is 0 Å². The summed E-state index contributed by atoms with van der Waals surface area (Å²) in [5.74, 6) is 1.03. The van der Waals surface area contributed by atoms with Crippen molar-refractivity contribution in [1.82, 2.24) is 19.8 Å². The lowest BCUT2D eigenvalue weighted by atomic mass is 10.1. The van der Waals surface area contributed by atoms with Crippen LogP contribution >= 0.6 is 0 Å². The van der Waals surface area contributed by atoms with Gasteiger partial charge in [-0.05, 0) is 32.0 Å². The first kappa shape index (κ1) is 15.6. The standard InChI is InChI=1S/C18H16N4O2S/c1-12-7-6-8-14(11-12)16-19-17-13(2)18(21-22(17)20-16)24-25(23)15-9-4-3-5-10-15/h3-11H,1-2H3,(H,19,20). The zero-order chi connectivity index (χ0) is 17.4. The van der Waals surface area contributed by atoms with Gasteiger partial charge in [0.05, 0.1) is 10.5 Å². The highest BCUT2D eigenvalue weighted by atomic mass is 32.2. The van der Waals surface area contributed by atoms with Crippen LogP contribution in [0.25, 0.3) is 17.0 Å². The van der Waals surface area contributed by atoms with Crippen LogP contribution in [-0.2, 0) is 11.1 Å². The molecule has 0 amide bonds. The number of aromatic amines is 1. The summed E-state index contributed by atoms with van der Waals surface area (Å²) in [6.45, 7) is 3.88. The molecule has 0 spiro atoms. The van der Waals surface area contributed by atoms with Crippen molar-refractivity contribution >= 4 is 16.7 Å². The zero-order valence-electron chi connectivity index (χ0n) is 13.8. The van der Waals surface area contributed by atoms with Gasteiger partial charge in [-0.2, -0.15) is 0 Å². The summed E-state index contributed by atoms with van der Waals surface area (Å²) in [6, 6.07) is 17.1. The van der Waals surface area contributed by atoms with Crippen LogP contribution in [0, 0.1) is 13.8 Å². The van der Waals surface area contributed by atoms with Gasteiger partial charge in [-0.1, -0.05) is 42.0 Å². The topological polar surface area (TPSA) is 72.3 Å². The van der Waals surface area contributed by atoms with Gasteiger partial charge in [-0.25, -0.2) is 9.19 Å². The van der Waals surface area contributed by atoms with E-state index in [4.69, 9.17) is 4.18 Å². The Morgan fingerprint density at radius 1 is 1.08 bits per heavy atom. The minimum atomic E-state index is -1.62. The Morgan fingerprint density at radius 2 is 1.88 bits per heavy atom. The molecule has 0 aliphatic heterocycles. The van der Waals surface area contributed by atoms with Crippen molar-refractivity contribution in [3.05, 3.63) is 65.7 Å². The van der Waals surface area contributed by atoms with Gasteiger partial charge in [0.2, 0.25) is 11.1 Å². The Kier molecular flexibility index (Phi) is 3.85. The number of rotatable bonds is 4. The fraction of sp³-hybridized carbons (Fsp3) is 0.111. The largest absolute Gasteiger partial charge is 0.374 e. The number of H-pyrrole nitrogens is 1. The molecule has 0 saturated heterocycles. The third-order valence-electron chi connectivity index (χ3n) is 3.86. The molecule has 2 aromatic heterocycles. The third-order valence-corrected chi connectivity index (χ3v) is 4.83. The fourth-order valence-electron chi connectivity index (χ4n) is 2.56. The fourth-order valence-corrected chi connectivity index (χ4v) is 3.34. The third kappa shape index (κ3) is 2.94. The molecule has 0 radical (unpaired) electrons. The first-order chi connectivity index (χ1) is 12.1. The lowest BCUT2D eigenvalue weighted by molar-refractivity contribution is 0.534. The molecule has 7 heteroatoms. The van der Waals surface area contributed by atoms with Crippen molar-refractivity contribution in [2.24, 2.45) is 0 Å². The van der Waals surface area contributed by atoms with E-state index in [0.717, 1.165) is 22.5 Å². The van der Waals surface area contributed by atoms with Crippen LogP contribution in [0.3, 0.4) is 0 Å². The van der Waals surface area contributed by atoms with E-state index in [1.54, 1.807) is 16.8 Å². The molecule has 25 heavy (non-hydrogen) atoms. The van der Waals surface area contributed by atoms with E-state index in [1.807, 2.05) is 50.2 Å². The highest BCUT2D eigenvalue weighted by Gasteiger charge is 2.18. The molecule has 126 valence electrons. The Morgan fingerprint density at radius 3 is 2.60 bits per heavy atom. The van der Waals surface area contributed by atoms with Gasteiger partial charge >= 0.3 is 0 Å². The second kappa shape index (κ2) is 6.18. The summed E-state index contributed by atoms with van der Waals surface area (Å²) in [6.07, 6.45) is 0. The summed E-state index contributed by atoms with van der Waals surface area (Å²) < 4.78 is 19.4. The molecule has 0 aliphatic rings. The molecule has 0 saturated carbocycles. The lowest BCUT2D eigenvalue weighted by Crippen LogP contribution is -2.02. The van der Waals surface area contributed by atoms with Crippen LogP contribution in [0.4, 0.5) is 0 Å². The van der Waals surface area contributed by atoms with Gasteiger partial charge in [0.25, 0.3) is 5.88 Å². The Balaban J connectivity index is 1.65.